The molecule has 0 amide bonds. The topological polar surface area (TPSA) is 63.0 Å². The first-order valence-corrected chi connectivity index (χ1v) is 13.8. The Balaban J connectivity index is 1.68. The fourth-order valence-electron chi connectivity index (χ4n) is 5.86. The van der Waals surface area contributed by atoms with Gasteiger partial charge in [-0.05, 0) is 90.1 Å². The summed E-state index contributed by atoms with van der Waals surface area (Å²) in [5, 5.41) is 12.3. The number of hydrogen-bond donors (Lipinski definition) is 0. The van der Waals surface area contributed by atoms with Gasteiger partial charge >= 0.3 is 12.4 Å². The van der Waals surface area contributed by atoms with E-state index in [1.807, 2.05) is 17.0 Å². The predicted octanol–water partition coefficient (Wildman–Crippen LogP) is 7.46. The SMILES string of the molecule is Cc1cc2c(c(C)c1C(F)(F)F)N(Cc1ccncc1)CCC[C@@H]2N(Cc1cc(Cl)cc(C(F)(F)F)c1)c1nnn(C)n1. The number of hydrogen-bond acceptors (Lipinski definition) is 6. The second-order valence-electron chi connectivity index (χ2n) is 10.6. The Bertz CT molecular complexity index is 1600. The van der Waals surface area contributed by atoms with Crippen molar-refractivity contribution in [1.29, 1.82) is 0 Å². The highest BCUT2D eigenvalue weighted by Crippen LogP contribution is 2.46. The van der Waals surface area contributed by atoms with Crippen molar-refractivity contribution in [1.82, 2.24) is 25.2 Å². The second kappa shape index (κ2) is 11.7. The maximum absolute atomic E-state index is 14.3. The van der Waals surface area contributed by atoms with E-state index in [0.717, 1.165) is 17.7 Å². The van der Waals surface area contributed by atoms with Gasteiger partial charge in [-0.3, -0.25) is 4.98 Å². The van der Waals surface area contributed by atoms with Crippen molar-refractivity contribution < 1.29 is 26.3 Å². The van der Waals surface area contributed by atoms with Crippen LogP contribution in [0.25, 0.3) is 0 Å². The molecule has 0 saturated heterocycles. The average Bonchev–Trinajstić information content (AvgIpc) is 3.26. The van der Waals surface area contributed by atoms with Crippen molar-refractivity contribution >= 4 is 23.2 Å². The fourth-order valence-corrected chi connectivity index (χ4v) is 6.12. The van der Waals surface area contributed by atoms with Gasteiger partial charge in [-0.1, -0.05) is 22.8 Å². The first-order chi connectivity index (χ1) is 20.2. The molecule has 5 rings (SSSR count). The zero-order valence-electron chi connectivity index (χ0n) is 23.5. The lowest BCUT2D eigenvalue weighted by atomic mass is 9.90. The molecule has 0 bridgehead atoms. The molecule has 1 aliphatic heterocycles. The number of aromatic nitrogens is 5. The number of tetrazole rings is 1. The molecule has 43 heavy (non-hydrogen) atoms. The van der Waals surface area contributed by atoms with Crippen LogP contribution >= 0.6 is 11.6 Å². The van der Waals surface area contributed by atoms with Gasteiger partial charge in [0, 0.05) is 42.7 Å². The summed E-state index contributed by atoms with van der Waals surface area (Å²) in [5.74, 6) is 0.129. The zero-order chi connectivity index (χ0) is 31.1. The lowest BCUT2D eigenvalue weighted by Crippen LogP contribution is -2.31. The predicted molar refractivity (Wildman–Crippen MR) is 150 cm³/mol. The van der Waals surface area contributed by atoms with Crippen LogP contribution in [0.4, 0.5) is 38.0 Å². The van der Waals surface area contributed by atoms with Gasteiger partial charge in [0.2, 0.25) is 0 Å². The highest BCUT2D eigenvalue weighted by Gasteiger charge is 2.40. The maximum atomic E-state index is 14.3. The molecule has 1 atom stereocenters. The van der Waals surface area contributed by atoms with Crippen molar-refractivity contribution in [3.8, 4) is 0 Å². The van der Waals surface area contributed by atoms with Crippen LogP contribution in [0.2, 0.25) is 5.02 Å². The number of halogens is 7. The number of nitrogens with zero attached hydrogens (tertiary/aromatic N) is 7. The molecule has 0 N–H and O–H groups in total. The standard InChI is InChI=1S/C29H28ClF6N7/c1-17-11-23-24(43(27-38-40-41(3)39-27)16-20-12-21(28(31,32)33)14-22(30)13-20)5-4-10-42(15-19-6-8-37-9-7-19)26(23)18(2)25(17)29(34,35)36/h6-9,11-14,24H,4-5,10,15-16H2,1-3H3/t24-/m0/s1. The monoisotopic (exact) mass is 623 g/mol. The Morgan fingerprint density at radius 3 is 2.33 bits per heavy atom. The van der Waals surface area contributed by atoms with Crippen molar-refractivity contribution in [3.05, 3.63) is 92.8 Å². The number of fused-ring (bicyclic) bond motifs is 1. The molecule has 7 nitrogen and oxygen atoms in total. The van der Waals surface area contributed by atoms with Gasteiger partial charge < -0.3 is 9.80 Å². The summed E-state index contributed by atoms with van der Waals surface area (Å²) >= 11 is 6.10. The smallest absolute Gasteiger partial charge is 0.367 e. The third-order valence-corrected chi connectivity index (χ3v) is 7.74. The summed E-state index contributed by atoms with van der Waals surface area (Å²) < 4.78 is 84.0. The van der Waals surface area contributed by atoms with Crippen molar-refractivity contribution in [2.75, 3.05) is 16.3 Å². The lowest BCUT2D eigenvalue weighted by Gasteiger charge is -2.34. The highest BCUT2D eigenvalue weighted by molar-refractivity contribution is 6.30. The van der Waals surface area contributed by atoms with Crippen LogP contribution in [0.5, 0.6) is 0 Å². The van der Waals surface area contributed by atoms with Crippen LogP contribution in [-0.4, -0.2) is 31.7 Å². The molecule has 0 spiro atoms. The summed E-state index contributed by atoms with van der Waals surface area (Å²) in [6.45, 7) is 3.58. The normalized spacial score (nSPS) is 15.8. The van der Waals surface area contributed by atoms with Gasteiger partial charge in [0.15, 0.2) is 0 Å². The Morgan fingerprint density at radius 1 is 0.977 bits per heavy atom. The van der Waals surface area contributed by atoms with E-state index in [9.17, 15) is 26.3 Å². The minimum atomic E-state index is -4.63. The third-order valence-electron chi connectivity index (χ3n) is 7.53. The fraction of sp³-hybridized carbons (Fsp3) is 0.379. The van der Waals surface area contributed by atoms with Gasteiger partial charge in [-0.25, -0.2) is 0 Å². The van der Waals surface area contributed by atoms with Gasteiger partial charge in [-0.15, -0.1) is 5.10 Å². The molecule has 0 fully saturated rings. The van der Waals surface area contributed by atoms with E-state index >= 15 is 0 Å². The van der Waals surface area contributed by atoms with Crippen molar-refractivity contribution in [3.63, 3.8) is 0 Å². The molecule has 0 radical (unpaired) electrons. The summed E-state index contributed by atoms with van der Waals surface area (Å²) in [6.07, 6.45) is -4.92. The summed E-state index contributed by atoms with van der Waals surface area (Å²) in [7, 11) is 1.55. The third kappa shape index (κ3) is 6.56. The van der Waals surface area contributed by atoms with Crippen LogP contribution in [0.3, 0.4) is 0 Å². The van der Waals surface area contributed by atoms with E-state index in [0.29, 0.717) is 37.2 Å². The van der Waals surface area contributed by atoms with Gasteiger partial charge in [0.05, 0.1) is 24.2 Å². The Morgan fingerprint density at radius 2 is 1.70 bits per heavy atom. The highest BCUT2D eigenvalue weighted by atomic mass is 35.5. The number of alkyl halides is 6. The molecule has 0 aliphatic carbocycles. The molecule has 4 aromatic rings. The molecule has 0 saturated carbocycles. The van der Waals surface area contributed by atoms with Crippen LogP contribution in [0.1, 0.15) is 57.8 Å². The zero-order valence-corrected chi connectivity index (χ0v) is 24.3. The van der Waals surface area contributed by atoms with E-state index in [1.165, 1.54) is 30.8 Å². The van der Waals surface area contributed by atoms with E-state index in [-0.39, 0.29) is 34.2 Å². The number of pyridine rings is 1. The molecule has 228 valence electrons. The molecular formula is C29H28ClF6N7. The second-order valence-corrected chi connectivity index (χ2v) is 11.1. The summed E-state index contributed by atoms with van der Waals surface area (Å²) in [5.41, 5.74) is 0.652. The number of benzene rings is 2. The van der Waals surface area contributed by atoms with E-state index in [4.69, 9.17) is 11.6 Å². The van der Waals surface area contributed by atoms with Crippen molar-refractivity contribution in [2.45, 2.75) is 58.2 Å². The van der Waals surface area contributed by atoms with Crippen molar-refractivity contribution in [2.24, 2.45) is 7.05 Å². The summed E-state index contributed by atoms with van der Waals surface area (Å²) in [6, 6.07) is 7.84. The minimum absolute atomic E-state index is 0.0497. The largest absolute Gasteiger partial charge is 0.416 e. The van der Waals surface area contributed by atoms with Crippen LogP contribution in [-0.2, 0) is 32.5 Å². The first kappa shape index (κ1) is 30.6. The van der Waals surface area contributed by atoms with Crippen LogP contribution in [0.15, 0.2) is 48.8 Å². The Kier molecular flexibility index (Phi) is 8.30. The first-order valence-electron chi connectivity index (χ1n) is 13.4. The Labute approximate surface area is 249 Å². The van der Waals surface area contributed by atoms with Gasteiger partial charge in [0.1, 0.15) is 0 Å². The van der Waals surface area contributed by atoms with E-state index in [2.05, 4.69) is 20.4 Å². The van der Waals surface area contributed by atoms with Gasteiger partial charge in [-0.2, -0.15) is 31.1 Å². The molecule has 3 heterocycles. The molecule has 2 aromatic heterocycles. The Hall–Kier alpha value is -3.87. The molecule has 1 aliphatic rings. The van der Waals surface area contributed by atoms with Gasteiger partial charge in [0.25, 0.3) is 5.95 Å². The number of aryl methyl sites for hydroxylation is 2. The summed E-state index contributed by atoms with van der Waals surface area (Å²) in [4.78, 5) is 8.88. The maximum Gasteiger partial charge on any atom is 0.416 e. The van der Waals surface area contributed by atoms with E-state index in [1.54, 1.807) is 24.3 Å². The van der Waals surface area contributed by atoms with Crippen LogP contribution < -0.4 is 9.80 Å². The number of rotatable bonds is 6. The number of anilines is 2. The molecule has 0 unspecified atom stereocenters. The molecular weight excluding hydrogens is 596 g/mol. The van der Waals surface area contributed by atoms with E-state index < -0.39 is 29.5 Å². The lowest BCUT2D eigenvalue weighted by molar-refractivity contribution is -0.139. The quantitative estimate of drug-likeness (QED) is 0.208. The van der Waals surface area contributed by atoms with Crippen LogP contribution in [0, 0.1) is 13.8 Å². The molecule has 2 aromatic carbocycles. The molecule has 14 heteroatoms. The average molecular weight is 624 g/mol. The minimum Gasteiger partial charge on any atom is -0.367 e.